The Morgan fingerprint density at radius 3 is 2.45 bits per heavy atom. The van der Waals surface area contributed by atoms with Gasteiger partial charge in [-0.15, -0.1) is 24.9 Å². The van der Waals surface area contributed by atoms with E-state index >= 15 is 0 Å². The normalized spacial score (nSPS) is 18.9. The highest BCUT2D eigenvalue weighted by atomic mass is 32.2. The van der Waals surface area contributed by atoms with Crippen LogP contribution in [0.25, 0.3) is 4.91 Å². The van der Waals surface area contributed by atoms with Crippen LogP contribution in [-0.4, -0.2) is 53.8 Å². The Hall–Kier alpha value is -2.65. The predicted octanol–water partition coefficient (Wildman–Crippen LogP) is 5.00. The highest BCUT2D eigenvalue weighted by Gasteiger charge is 2.31. The summed E-state index contributed by atoms with van der Waals surface area (Å²) in [6.07, 6.45) is 0.170. The van der Waals surface area contributed by atoms with Crippen LogP contribution >= 0.6 is 11.8 Å². The Bertz CT molecular complexity index is 1020. The maximum Gasteiger partial charge on any atom is 0.573 e. The minimum atomic E-state index is -4.69. The van der Waals surface area contributed by atoms with Gasteiger partial charge < -0.3 is 19.5 Å². The molecule has 2 aromatic carbocycles. The fourth-order valence-electron chi connectivity index (χ4n) is 4.09. The SMILES string of the molecule is O=C(O)COc1ccc2c(c1)CCN(CC1CC=C(c3ccc(OC(F)(F)F)cc3)S1)CC2. The van der Waals surface area contributed by atoms with Crippen LogP contribution in [0.4, 0.5) is 13.2 Å². The highest BCUT2D eigenvalue weighted by Crippen LogP contribution is 2.40. The molecule has 0 saturated heterocycles. The fourth-order valence-corrected chi connectivity index (χ4v) is 5.39. The number of alkyl halides is 3. The molecule has 4 rings (SSSR count). The molecule has 0 aliphatic carbocycles. The number of rotatable bonds is 7. The zero-order valence-corrected chi connectivity index (χ0v) is 18.6. The number of allylic oxidation sites excluding steroid dienone is 1. The number of halogens is 3. The predicted molar refractivity (Wildman–Crippen MR) is 121 cm³/mol. The van der Waals surface area contributed by atoms with Gasteiger partial charge in [-0.2, -0.15) is 0 Å². The molecular weight excluding hydrogens is 455 g/mol. The standard InChI is InChI=1S/C24H24F3NO4S/c25-24(26,27)32-19-4-2-17(3-5-19)22-8-7-21(33-22)14-28-11-9-16-1-6-20(31-15-23(29)30)13-18(16)10-12-28/h1-6,8,13,21H,7,9-12,14-15H2,(H,29,30). The largest absolute Gasteiger partial charge is 0.573 e. The fraction of sp³-hybridized carbons (Fsp3) is 0.375. The molecule has 0 spiro atoms. The number of carboxylic acid groups (broad SMARTS) is 1. The zero-order chi connectivity index (χ0) is 23.4. The van der Waals surface area contributed by atoms with Crippen molar-refractivity contribution in [3.8, 4) is 11.5 Å². The highest BCUT2D eigenvalue weighted by molar-refractivity contribution is 8.09. The second-order valence-electron chi connectivity index (χ2n) is 8.03. The molecule has 1 N–H and O–H groups in total. The number of hydrogen-bond acceptors (Lipinski definition) is 5. The van der Waals surface area contributed by atoms with E-state index in [0.29, 0.717) is 11.0 Å². The molecule has 5 nitrogen and oxygen atoms in total. The Labute approximate surface area is 194 Å². The third kappa shape index (κ3) is 6.68. The number of carboxylic acids is 1. The van der Waals surface area contributed by atoms with Crippen molar-refractivity contribution in [3.05, 3.63) is 65.2 Å². The summed E-state index contributed by atoms with van der Waals surface area (Å²) in [4.78, 5) is 14.2. The van der Waals surface area contributed by atoms with Crippen molar-refractivity contribution < 1.29 is 32.5 Å². The molecule has 0 radical (unpaired) electrons. The number of ether oxygens (including phenoxy) is 2. The molecular formula is C24H24F3NO4S. The van der Waals surface area contributed by atoms with E-state index in [1.807, 2.05) is 18.2 Å². The summed E-state index contributed by atoms with van der Waals surface area (Å²) < 4.78 is 46.3. The first-order valence-corrected chi connectivity index (χ1v) is 11.5. The number of benzene rings is 2. The number of thioether (sulfide) groups is 1. The van der Waals surface area contributed by atoms with Crippen LogP contribution in [0.3, 0.4) is 0 Å². The maximum atomic E-state index is 12.3. The third-order valence-corrected chi connectivity index (χ3v) is 6.96. The van der Waals surface area contributed by atoms with Crippen LogP contribution < -0.4 is 9.47 Å². The molecule has 2 heterocycles. The van der Waals surface area contributed by atoms with Gasteiger partial charge in [-0.05, 0) is 60.2 Å². The molecule has 1 unspecified atom stereocenters. The lowest BCUT2D eigenvalue weighted by Crippen LogP contribution is -2.32. The van der Waals surface area contributed by atoms with E-state index in [1.54, 1.807) is 23.9 Å². The molecule has 0 bridgehead atoms. The number of nitrogens with zero attached hydrogens (tertiary/aromatic N) is 1. The van der Waals surface area contributed by atoms with E-state index in [0.717, 1.165) is 49.4 Å². The molecule has 0 saturated carbocycles. The average Bonchev–Trinajstić information content (AvgIpc) is 3.13. The first kappa shape index (κ1) is 23.5. The van der Waals surface area contributed by atoms with Gasteiger partial charge in [0.1, 0.15) is 11.5 Å². The number of aliphatic carboxylic acids is 1. The van der Waals surface area contributed by atoms with Crippen LogP contribution in [0.15, 0.2) is 48.5 Å². The van der Waals surface area contributed by atoms with E-state index in [-0.39, 0.29) is 12.4 Å². The minimum Gasteiger partial charge on any atom is -0.482 e. The second-order valence-corrected chi connectivity index (χ2v) is 9.37. The van der Waals surface area contributed by atoms with Crippen molar-refractivity contribution in [3.63, 3.8) is 0 Å². The third-order valence-electron chi connectivity index (χ3n) is 5.63. The van der Waals surface area contributed by atoms with Crippen LogP contribution in [0.5, 0.6) is 11.5 Å². The first-order chi connectivity index (χ1) is 15.7. The van der Waals surface area contributed by atoms with Crippen molar-refractivity contribution in [2.45, 2.75) is 30.9 Å². The number of hydrogen-bond donors (Lipinski definition) is 1. The molecule has 0 fully saturated rings. The topological polar surface area (TPSA) is 59.0 Å². The summed E-state index contributed by atoms with van der Waals surface area (Å²) in [5.41, 5.74) is 3.35. The zero-order valence-electron chi connectivity index (χ0n) is 17.8. The van der Waals surface area contributed by atoms with E-state index in [1.165, 1.54) is 23.3 Å². The molecule has 9 heteroatoms. The molecule has 2 aliphatic rings. The van der Waals surface area contributed by atoms with Gasteiger partial charge in [-0.1, -0.05) is 24.3 Å². The smallest absolute Gasteiger partial charge is 0.482 e. The van der Waals surface area contributed by atoms with Gasteiger partial charge in [0.05, 0.1) is 0 Å². The van der Waals surface area contributed by atoms with Crippen LogP contribution in [0.2, 0.25) is 0 Å². The summed E-state index contributed by atoms with van der Waals surface area (Å²) in [5.74, 6) is -0.632. The van der Waals surface area contributed by atoms with Crippen LogP contribution in [0.1, 0.15) is 23.1 Å². The van der Waals surface area contributed by atoms with E-state index in [2.05, 4.69) is 15.7 Å². The average molecular weight is 480 g/mol. The molecule has 33 heavy (non-hydrogen) atoms. The first-order valence-electron chi connectivity index (χ1n) is 10.7. The van der Waals surface area contributed by atoms with Crippen LogP contribution in [0, 0.1) is 0 Å². The maximum absolute atomic E-state index is 12.3. The Morgan fingerprint density at radius 1 is 1.06 bits per heavy atom. The van der Waals surface area contributed by atoms with Crippen molar-refractivity contribution >= 4 is 22.6 Å². The molecule has 0 aromatic heterocycles. The van der Waals surface area contributed by atoms with E-state index in [4.69, 9.17) is 9.84 Å². The quantitative estimate of drug-likeness (QED) is 0.604. The molecule has 2 aromatic rings. The summed E-state index contributed by atoms with van der Waals surface area (Å²) in [5, 5.41) is 9.18. The Kier molecular flexibility index (Phi) is 7.19. The van der Waals surface area contributed by atoms with E-state index in [9.17, 15) is 18.0 Å². The van der Waals surface area contributed by atoms with Crippen molar-refractivity contribution in [1.29, 1.82) is 0 Å². The van der Waals surface area contributed by atoms with Crippen LogP contribution in [-0.2, 0) is 17.6 Å². The lowest BCUT2D eigenvalue weighted by Gasteiger charge is -2.23. The van der Waals surface area contributed by atoms with Gasteiger partial charge in [0, 0.05) is 29.8 Å². The van der Waals surface area contributed by atoms with Gasteiger partial charge in [-0.25, -0.2) is 4.79 Å². The molecule has 1 atom stereocenters. The summed E-state index contributed by atoms with van der Waals surface area (Å²) in [6.45, 7) is 2.43. The molecule has 2 aliphatic heterocycles. The summed E-state index contributed by atoms with van der Waals surface area (Å²) >= 11 is 1.76. The molecule has 0 amide bonds. The van der Waals surface area contributed by atoms with Crippen molar-refractivity contribution in [2.75, 3.05) is 26.2 Å². The van der Waals surface area contributed by atoms with E-state index < -0.39 is 12.3 Å². The Balaban J connectivity index is 1.29. The summed E-state index contributed by atoms with van der Waals surface area (Å²) in [7, 11) is 0. The lowest BCUT2D eigenvalue weighted by atomic mass is 10.0. The Morgan fingerprint density at radius 2 is 1.76 bits per heavy atom. The second kappa shape index (κ2) is 10.1. The minimum absolute atomic E-state index is 0.216. The number of carbonyl (C=O) groups is 1. The van der Waals surface area contributed by atoms with Gasteiger partial charge >= 0.3 is 12.3 Å². The van der Waals surface area contributed by atoms with Gasteiger partial charge in [0.25, 0.3) is 0 Å². The monoisotopic (exact) mass is 479 g/mol. The van der Waals surface area contributed by atoms with Gasteiger partial charge in [-0.3, -0.25) is 0 Å². The number of fused-ring (bicyclic) bond motifs is 1. The molecule has 176 valence electrons. The van der Waals surface area contributed by atoms with Crippen molar-refractivity contribution in [2.24, 2.45) is 0 Å². The van der Waals surface area contributed by atoms with Gasteiger partial charge in [0.2, 0.25) is 0 Å². The van der Waals surface area contributed by atoms with Crippen molar-refractivity contribution in [1.82, 2.24) is 4.90 Å². The van der Waals surface area contributed by atoms with Gasteiger partial charge in [0.15, 0.2) is 6.61 Å². The lowest BCUT2D eigenvalue weighted by molar-refractivity contribution is -0.274. The summed E-state index contributed by atoms with van der Waals surface area (Å²) in [6, 6.07) is 11.8.